The number of carboxylic acid groups (broad SMARTS) is 1. The molecule has 0 radical (unpaired) electrons. The number of hydrogen-bond acceptors (Lipinski definition) is 6. The Balaban J connectivity index is 2.61. The van der Waals surface area contributed by atoms with Crippen LogP contribution < -0.4 is 5.32 Å². The van der Waals surface area contributed by atoms with Gasteiger partial charge in [-0.3, -0.25) is 9.59 Å². The van der Waals surface area contributed by atoms with Crippen LogP contribution in [-0.4, -0.2) is 46.8 Å². The number of nitrogens with one attached hydrogen (secondary N) is 1. The number of rotatable bonds is 9. The SMILES string of the molecule is CNCCC(O)C(O)c1ccc(C(=O)CCC(=O)O)s1. The van der Waals surface area contributed by atoms with E-state index in [9.17, 15) is 19.8 Å². The Hall–Kier alpha value is -1.28. The molecular formula is C13H19NO5S. The first-order chi connectivity index (χ1) is 9.45. The van der Waals surface area contributed by atoms with Crippen molar-refractivity contribution in [2.75, 3.05) is 13.6 Å². The molecule has 0 aliphatic heterocycles. The first kappa shape index (κ1) is 16.8. The first-order valence-electron chi connectivity index (χ1n) is 6.31. The summed E-state index contributed by atoms with van der Waals surface area (Å²) in [6.07, 6.45) is -1.80. The molecule has 0 fully saturated rings. The van der Waals surface area contributed by atoms with E-state index in [0.29, 0.717) is 22.7 Å². The Morgan fingerprint density at radius 1 is 1.30 bits per heavy atom. The zero-order valence-electron chi connectivity index (χ0n) is 11.2. The predicted octanol–water partition coefficient (Wildman–Crippen LogP) is 0.799. The van der Waals surface area contributed by atoms with Crippen molar-refractivity contribution >= 4 is 23.1 Å². The molecule has 0 aliphatic carbocycles. The Morgan fingerprint density at radius 2 is 2.00 bits per heavy atom. The van der Waals surface area contributed by atoms with Gasteiger partial charge in [-0.05, 0) is 32.1 Å². The largest absolute Gasteiger partial charge is 0.481 e. The summed E-state index contributed by atoms with van der Waals surface area (Å²) >= 11 is 1.09. The van der Waals surface area contributed by atoms with Crippen LogP contribution >= 0.6 is 11.3 Å². The van der Waals surface area contributed by atoms with E-state index in [-0.39, 0.29) is 18.6 Å². The summed E-state index contributed by atoms with van der Waals surface area (Å²) in [5.41, 5.74) is 0. The summed E-state index contributed by atoms with van der Waals surface area (Å²) in [5, 5.41) is 31.1. The summed E-state index contributed by atoms with van der Waals surface area (Å²) < 4.78 is 0. The molecule has 0 saturated heterocycles. The van der Waals surface area contributed by atoms with Crippen LogP contribution in [0.5, 0.6) is 0 Å². The van der Waals surface area contributed by atoms with E-state index in [0.717, 1.165) is 11.3 Å². The van der Waals surface area contributed by atoms with Crippen molar-refractivity contribution in [3.63, 3.8) is 0 Å². The molecule has 0 aliphatic rings. The number of aliphatic carboxylic acids is 1. The molecule has 1 heterocycles. The van der Waals surface area contributed by atoms with Crippen molar-refractivity contribution in [2.24, 2.45) is 0 Å². The van der Waals surface area contributed by atoms with Gasteiger partial charge in [0.15, 0.2) is 5.78 Å². The number of carboxylic acids is 1. The molecule has 7 heteroatoms. The second-order valence-corrected chi connectivity index (χ2v) is 5.54. The van der Waals surface area contributed by atoms with Crippen LogP contribution in [-0.2, 0) is 4.79 Å². The standard InChI is InChI=1S/C13H19NO5S/c1-14-7-6-9(16)13(19)11-4-3-10(20-11)8(15)2-5-12(17)18/h3-4,9,13-14,16,19H,2,5-7H2,1H3,(H,17,18). The van der Waals surface area contributed by atoms with E-state index in [4.69, 9.17) is 5.11 Å². The molecule has 1 rings (SSSR count). The predicted molar refractivity (Wildman–Crippen MR) is 75.0 cm³/mol. The fraction of sp³-hybridized carbons (Fsp3) is 0.538. The van der Waals surface area contributed by atoms with E-state index in [2.05, 4.69) is 5.32 Å². The molecule has 0 bridgehead atoms. The molecule has 1 aromatic rings. The smallest absolute Gasteiger partial charge is 0.303 e. The summed E-state index contributed by atoms with van der Waals surface area (Å²) in [6.45, 7) is 0.577. The Bertz CT molecular complexity index is 459. The number of hydrogen-bond donors (Lipinski definition) is 4. The number of ketones is 1. The van der Waals surface area contributed by atoms with Gasteiger partial charge in [-0.2, -0.15) is 0 Å². The Labute approximate surface area is 121 Å². The summed E-state index contributed by atoms with van der Waals surface area (Å²) in [5.74, 6) is -1.28. The Morgan fingerprint density at radius 3 is 2.60 bits per heavy atom. The number of Topliss-reactive ketones (excluding diaryl/α,β-unsaturated/α-hetero) is 1. The highest BCUT2D eigenvalue weighted by molar-refractivity contribution is 7.14. The van der Waals surface area contributed by atoms with E-state index in [1.54, 1.807) is 19.2 Å². The minimum Gasteiger partial charge on any atom is -0.481 e. The molecular weight excluding hydrogens is 282 g/mol. The molecule has 112 valence electrons. The third-order valence-corrected chi connectivity index (χ3v) is 4.01. The van der Waals surface area contributed by atoms with Crippen LogP contribution in [0, 0.1) is 0 Å². The zero-order chi connectivity index (χ0) is 15.1. The van der Waals surface area contributed by atoms with Crippen molar-refractivity contribution in [1.82, 2.24) is 5.32 Å². The lowest BCUT2D eigenvalue weighted by atomic mass is 10.1. The van der Waals surface area contributed by atoms with Gasteiger partial charge in [0.2, 0.25) is 0 Å². The second kappa shape index (κ2) is 8.11. The minimum absolute atomic E-state index is 0.0618. The van der Waals surface area contributed by atoms with Crippen molar-refractivity contribution in [3.8, 4) is 0 Å². The quantitative estimate of drug-likeness (QED) is 0.503. The minimum atomic E-state index is -1.03. The van der Waals surface area contributed by atoms with E-state index < -0.39 is 18.2 Å². The maximum absolute atomic E-state index is 11.7. The molecule has 2 atom stereocenters. The highest BCUT2D eigenvalue weighted by atomic mass is 32.1. The second-order valence-electron chi connectivity index (χ2n) is 4.42. The summed E-state index contributed by atoms with van der Waals surface area (Å²) in [4.78, 5) is 23.0. The van der Waals surface area contributed by atoms with Crippen molar-refractivity contribution in [3.05, 3.63) is 21.9 Å². The monoisotopic (exact) mass is 301 g/mol. The fourth-order valence-electron chi connectivity index (χ4n) is 1.65. The number of carbonyl (C=O) groups is 2. The Kier molecular flexibility index (Phi) is 6.80. The zero-order valence-corrected chi connectivity index (χ0v) is 12.0. The lowest BCUT2D eigenvalue weighted by Gasteiger charge is -2.16. The van der Waals surface area contributed by atoms with Crippen molar-refractivity contribution < 1.29 is 24.9 Å². The van der Waals surface area contributed by atoms with Gasteiger partial charge in [0.25, 0.3) is 0 Å². The van der Waals surface area contributed by atoms with Crippen LogP contribution in [0.3, 0.4) is 0 Å². The maximum atomic E-state index is 11.7. The fourth-order valence-corrected chi connectivity index (χ4v) is 2.66. The van der Waals surface area contributed by atoms with Crippen LogP contribution in [0.15, 0.2) is 12.1 Å². The molecule has 2 unspecified atom stereocenters. The molecule has 1 aromatic heterocycles. The van der Waals surface area contributed by atoms with Gasteiger partial charge in [0, 0.05) is 11.3 Å². The van der Waals surface area contributed by atoms with Crippen LogP contribution in [0.4, 0.5) is 0 Å². The molecule has 0 aromatic carbocycles. The average molecular weight is 301 g/mol. The number of carbonyl (C=O) groups excluding carboxylic acids is 1. The van der Waals surface area contributed by atoms with Gasteiger partial charge in [-0.15, -0.1) is 11.3 Å². The number of aliphatic hydroxyl groups is 2. The van der Waals surface area contributed by atoms with E-state index in [1.807, 2.05) is 0 Å². The van der Waals surface area contributed by atoms with Crippen LogP contribution in [0.1, 0.15) is 39.9 Å². The molecule has 4 N–H and O–H groups in total. The van der Waals surface area contributed by atoms with Gasteiger partial charge in [-0.25, -0.2) is 0 Å². The van der Waals surface area contributed by atoms with E-state index in [1.165, 1.54) is 0 Å². The molecule has 0 amide bonds. The van der Waals surface area contributed by atoms with Gasteiger partial charge in [-0.1, -0.05) is 0 Å². The highest BCUT2D eigenvalue weighted by Gasteiger charge is 2.21. The lowest BCUT2D eigenvalue weighted by molar-refractivity contribution is -0.136. The van der Waals surface area contributed by atoms with E-state index >= 15 is 0 Å². The first-order valence-corrected chi connectivity index (χ1v) is 7.12. The average Bonchev–Trinajstić information content (AvgIpc) is 2.90. The molecule has 0 saturated carbocycles. The summed E-state index contributed by atoms with van der Waals surface area (Å²) in [7, 11) is 1.75. The van der Waals surface area contributed by atoms with Crippen molar-refractivity contribution in [1.29, 1.82) is 0 Å². The third kappa shape index (κ3) is 5.01. The van der Waals surface area contributed by atoms with Gasteiger partial charge in [0.05, 0.1) is 17.4 Å². The summed E-state index contributed by atoms with van der Waals surface area (Å²) in [6, 6.07) is 3.14. The van der Waals surface area contributed by atoms with Crippen LogP contribution in [0.25, 0.3) is 0 Å². The number of thiophene rings is 1. The highest BCUT2D eigenvalue weighted by Crippen LogP contribution is 2.27. The molecule has 0 spiro atoms. The third-order valence-electron chi connectivity index (χ3n) is 2.81. The number of aliphatic hydroxyl groups excluding tert-OH is 2. The maximum Gasteiger partial charge on any atom is 0.303 e. The topological polar surface area (TPSA) is 107 Å². The molecule has 6 nitrogen and oxygen atoms in total. The van der Waals surface area contributed by atoms with Crippen molar-refractivity contribution in [2.45, 2.75) is 31.5 Å². The lowest BCUT2D eigenvalue weighted by Crippen LogP contribution is -2.22. The van der Waals surface area contributed by atoms with Crippen LogP contribution in [0.2, 0.25) is 0 Å². The van der Waals surface area contributed by atoms with Gasteiger partial charge >= 0.3 is 5.97 Å². The normalized spacial score (nSPS) is 13.9. The van der Waals surface area contributed by atoms with Gasteiger partial charge < -0.3 is 20.6 Å². The molecule has 20 heavy (non-hydrogen) atoms. The van der Waals surface area contributed by atoms with Gasteiger partial charge in [0.1, 0.15) is 6.10 Å².